The average Bonchev–Trinajstić information content (AvgIpc) is 2.89. The van der Waals surface area contributed by atoms with Crippen molar-refractivity contribution in [2.75, 3.05) is 29.8 Å². The summed E-state index contributed by atoms with van der Waals surface area (Å²) in [6.07, 6.45) is 1.30. The number of carbonyl (C=O) groups excluding carboxylic acids is 2. The Morgan fingerprint density at radius 1 is 1.38 bits per heavy atom. The predicted molar refractivity (Wildman–Crippen MR) is 95.5 cm³/mol. The summed E-state index contributed by atoms with van der Waals surface area (Å²) in [4.78, 5) is 25.3. The minimum atomic E-state index is -3.40. The second kappa shape index (κ2) is 7.89. The van der Waals surface area contributed by atoms with E-state index >= 15 is 0 Å². The number of hydrogen-bond donors (Lipinski definition) is 2. The number of benzene rings is 1. The van der Waals surface area contributed by atoms with Gasteiger partial charge in [-0.05, 0) is 18.6 Å². The van der Waals surface area contributed by atoms with Crippen molar-refractivity contribution in [3.63, 3.8) is 0 Å². The summed E-state index contributed by atoms with van der Waals surface area (Å²) in [5.41, 5.74) is 1.13. The van der Waals surface area contributed by atoms with Crippen molar-refractivity contribution in [3.8, 4) is 0 Å². The largest absolute Gasteiger partial charge is 0.349 e. The lowest BCUT2D eigenvalue weighted by atomic mass is 10.1. The molecule has 1 saturated heterocycles. The molecule has 0 spiro atoms. The molecule has 0 bridgehead atoms. The van der Waals surface area contributed by atoms with Crippen molar-refractivity contribution in [2.24, 2.45) is 0 Å². The van der Waals surface area contributed by atoms with Crippen molar-refractivity contribution in [2.45, 2.75) is 19.4 Å². The van der Waals surface area contributed by atoms with Gasteiger partial charge in [-0.1, -0.05) is 30.0 Å². The van der Waals surface area contributed by atoms with Crippen LogP contribution >= 0.6 is 11.8 Å². The van der Waals surface area contributed by atoms with E-state index in [-0.39, 0.29) is 23.6 Å². The van der Waals surface area contributed by atoms with Crippen LogP contribution in [0.3, 0.4) is 0 Å². The SMILES string of the molecule is CC(NC(=O)CCN1CCSC1=O)c1ccccc1NS(C)(=O)=O. The van der Waals surface area contributed by atoms with Gasteiger partial charge in [0, 0.05) is 25.3 Å². The number of sulfonamides is 1. The Labute approximate surface area is 146 Å². The maximum atomic E-state index is 12.1. The van der Waals surface area contributed by atoms with E-state index in [0.29, 0.717) is 24.3 Å². The highest BCUT2D eigenvalue weighted by atomic mass is 32.2. The lowest BCUT2D eigenvalue weighted by Gasteiger charge is -2.19. The molecular formula is C15H21N3O4S2. The molecule has 9 heteroatoms. The minimum absolute atomic E-state index is 0.0125. The third kappa shape index (κ3) is 5.41. The first-order chi connectivity index (χ1) is 11.3. The molecule has 2 N–H and O–H groups in total. The smallest absolute Gasteiger partial charge is 0.281 e. The van der Waals surface area contributed by atoms with Gasteiger partial charge in [0.1, 0.15) is 0 Å². The van der Waals surface area contributed by atoms with Crippen molar-refractivity contribution in [3.05, 3.63) is 29.8 Å². The van der Waals surface area contributed by atoms with E-state index in [4.69, 9.17) is 0 Å². The molecule has 2 rings (SSSR count). The van der Waals surface area contributed by atoms with Gasteiger partial charge >= 0.3 is 0 Å². The molecule has 1 heterocycles. The Hall–Kier alpha value is -1.74. The summed E-state index contributed by atoms with van der Waals surface area (Å²) in [7, 11) is -3.40. The second-order valence-corrected chi connectivity index (χ2v) is 8.40. The summed E-state index contributed by atoms with van der Waals surface area (Å²) in [5.74, 6) is 0.586. The molecule has 1 fully saturated rings. The highest BCUT2D eigenvalue weighted by Crippen LogP contribution is 2.23. The maximum absolute atomic E-state index is 12.1. The third-order valence-corrected chi connectivity index (χ3v) is 5.04. The number of nitrogens with zero attached hydrogens (tertiary/aromatic N) is 1. The Bertz CT molecular complexity index is 721. The Kier molecular flexibility index (Phi) is 6.11. The Morgan fingerprint density at radius 3 is 2.71 bits per heavy atom. The van der Waals surface area contributed by atoms with Crippen molar-refractivity contribution >= 4 is 38.6 Å². The molecular weight excluding hydrogens is 350 g/mol. The van der Waals surface area contributed by atoms with Crippen LogP contribution in [0.4, 0.5) is 10.5 Å². The fourth-order valence-electron chi connectivity index (χ4n) is 2.42. The van der Waals surface area contributed by atoms with Crippen LogP contribution in [0.2, 0.25) is 0 Å². The summed E-state index contributed by atoms with van der Waals surface area (Å²) in [6, 6.07) is 6.57. The molecule has 1 aromatic rings. The van der Waals surface area contributed by atoms with Gasteiger partial charge in [-0.2, -0.15) is 0 Å². The van der Waals surface area contributed by atoms with Crippen molar-refractivity contribution < 1.29 is 18.0 Å². The molecule has 0 aromatic heterocycles. The topological polar surface area (TPSA) is 95.6 Å². The van der Waals surface area contributed by atoms with Gasteiger partial charge < -0.3 is 10.2 Å². The Balaban J connectivity index is 1.95. The van der Waals surface area contributed by atoms with Crippen LogP contribution in [0.25, 0.3) is 0 Å². The predicted octanol–water partition coefficient (Wildman–Crippen LogP) is 1.79. The number of amides is 2. The molecule has 1 aliphatic rings. The molecule has 0 radical (unpaired) electrons. The number of para-hydroxylation sites is 1. The van der Waals surface area contributed by atoms with Gasteiger partial charge in [0.2, 0.25) is 15.9 Å². The van der Waals surface area contributed by atoms with E-state index in [1.807, 2.05) is 0 Å². The van der Waals surface area contributed by atoms with E-state index in [1.165, 1.54) is 11.8 Å². The highest BCUT2D eigenvalue weighted by molar-refractivity contribution is 8.13. The van der Waals surface area contributed by atoms with Crippen LogP contribution in [0.15, 0.2) is 24.3 Å². The van der Waals surface area contributed by atoms with Crippen LogP contribution in [0, 0.1) is 0 Å². The first-order valence-corrected chi connectivity index (χ1v) is 10.4. The van der Waals surface area contributed by atoms with Gasteiger partial charge in [-0.15, -0.1) is 0 Å². The van der Waals surface area contributed by atoms with E-state index in [0.717, 1.165) is 12.0 Å². The van der Waals surface area contributed by atoms with E-state index in [2.05, 4.69) is 10.0 Å². The second-order valence-electron chi connectivity index (χ2n) is 5.60. The minimum Gasteiger partial charge on any atom is -0.349 e. The van der Waals surface area contributed by atoms with Gasteiger partial charge in [-0.25, -0.2) is 8.42 Å². The highest BCUT2D eigenvalue weighted by Gasteiger charge is 2.22. The number of hydrogen-bond acceptors (Lipinski definition) is 5. The van der Waals surface area contributed by atoms with Crippen LogP contribution in [0.5, 0.6) is 0 Å². The molecule has 24 heavy (non-hydrogen) atoms. The molecule has 1 aliphatic heterocycles. The number of rotatable bonds is 7. The molecule has 0 aliphatic carbocycles. The number of nitrogens with one attached hydrogen (secondary N) is 2. The quantitative estimate of drug-likeness (QED) is 0.762. The zero-order valence-corrected chi connectivity index (χ0v) is 15.2. The zero-order valence-electron chi connectivity index (χ0n) is 13.6. The van der Waals surface area contributed by atoms with Crippen LogP contribution in [-0.2, 0) is 14.8 Å². The van der Waals surface area contributed by atoms with Crippen LogP contribution in [0.1, 0.15) is 24.9 Å². The Morgan fingerprint density at radius 2 is 2.08 bits per heavy atom. The molecule has 1 unspecified atom stereocenters. The lowest BCUT2D eigenvalue weighted by Crippen LogP contribution is -2.32. The van der Waals surface area contributed by atoms with Gasteiger partial charge in [0.05, 0.1) is 18.0 Å². The number of thioether (sulfide) groups is 1. The average molecular weight is 371 g/mol. The summed E-state index contributed by atoms with van der Waals surface area (Å²) < 4.78 is 25.3. The molecule has 2 amide bonds. The third-order valence-electron chi connectivity index (χ3n) is 3.55. The van der Waals surface area contributed by atoms with E-state index < -0.39 is 10.0 Å². The molecule has 1 aromatic carbocycles. The molecule has 132 valence electrons. The summed E-state index contributed by atoms with van der Waals surface area (Å²) in [6.45, 7) is 2.86. The van der Waals surface area contributed by atoms with Crippen LogP contribution < -0.4 is 10.0 Å². The number of anilines is 1. The van der Waals surface area contributed by atoms with Gasteiger partial charge in [0.15, 0.2) is 0 Å². The zero-order chi connectivity index (χ0) is 17.7. The van der Waals surface area contributed by atoms with Crippen LogP contribution in [-0.4, -0.2) is 49.6 Å². The lowest BCUT2D eigenvalue weighted by molar-refractivity contribution is -0.121. The summed E-state index contributed by atoms with van der Waals surface area (Å²) in [5, 5.41) is 2.86. The fraction of sp³-hybridized carbons (Fsp3) is 0.467. The van der Waals surface area contributed by atoms with Crippen molar-refractivity contribution in [1.82, 2.24) is 10.2 Å². The molecule has 0 saturated carbocycles. The van der Waals surface area contributed by atoms with Gasteiger partial charge in [-0.3, -0.25) is 14.3 Å². The first kappa shape index (κ1) is 18.6. The monoisotopic (exact) mass is 371 g/mol. The molecule has 1 atom stereocenters. The standard InChI is InChI=1S/C15H21N3O4S2/c1-11(12-5-3-4-6-13(12)17-24(2,21)22)16-14(19)7-8-18-9-10-23-15(18)20/h3-6,11,17H,7-10H2,1-2H3,(H,16,19). The normalized spacial score (nSPS) is 16.1. The number of carbonyl (C=O) groups is 2. The molecule has 7 nitrogen and oxygen atoms in total. The van der Waals surface area contributed by atoms with Gasteiger partial charge in [0.25, 0.3) is 5.24 Å². The van der Waals surface area contributed by atoms with E-state index in [1.54, 1.807) is 36.1 Å². The van der Waals surface area contributed by atoms with Crippen molar-refractivity contribution in [1.29, 1.82) is 0 Å². The fourth-order valence-corrected chi connectivity index (χ4v) is 3.86. The maximum Gasteiger partial charge on any atom is 0.281 e. The summed E-state index contributed by atoms with van der Waals surface area (Å²) >= 11 is 1.27. The van der Waals surface area contributed by atoms with E-state index in [9.17, 15) is 18.0 Å². The first-order valence-electron chi connectivity index (χ1n) is 7.54.